The number of carbonyl (C=O) groups is 1. The molecule has 1 aromatic heterocycles. The molecule has 2 heterocycles. The van der Waals surface area contributed by atoms with Gasteiger partial charge in [0.05, 0.1) is 5.52 Å². The summed E-state index contributed by atoms with van der Waals surface area (Å²) < 4.78 is 1.71. The predicted molar refractivity (Wildman–Crippen MR) is 92.9 cm³/mol. The van der Waals surface area contributed by atoms with Crippen LogP contribution < -0.4 is 5.32 Å². The van der Waals surface area contributed by atoms with E-state index in [0.717, 1.165) is 36.2 Å². The third-order valence-electron chi connectivity index (χ3n) is 4.61. The van der Waals surface area contributed by atoms with E-state index >= 15 is 0 Å². The summed E-state index contributed by atoms with van der Waals surface area (Å²) in [4.78, 5) is 14.4. The number of fused-ring (bicyclic) bond motifs is 1. The summed E-state index contributed by atoms with van der Waals surface area (Å²) in [7, 11) is 1.85. The van der Waals surface area contributed by atoms with Crippen LogP contribution in [0.2, 0.25) is 0 Å². The molecular weight excluding hydrogens is 302 g/mol. The summed E-state index contributed by atoms with van der Waals surface area (Å²) in [5, 5.41) is 11.0. The first kappa shape index (κ1) is 14.7. The van der Waals surface area contributed by atoms with Gasteiger partial charge in [0.25, 0.3) is 0 Å². The van der Waals surface area contributed by atoms with E-state index in [1.807, 2.05) is 48.3 Å². The maximum Gasteiger partial charge on any atom is 0.321 e. The van der Waals surface area contributed by atoms with Crippen molar-refractivity contribution in [2.24, 2.45) is 7.05 Å². The van der Waals surface area contributed by atoms with Gasteiger partial charge >= 0.3 is 6.03 Å². The Morgan fingerprint density at radius 1 is 1.21 bits per heavy atom. The Kier molecular flexibility index (Phi) is 3.65. The van der Waals surface area contributed by atoms with Crippen LogP contribution in [0.4, 0.5) is 10.5 Å². The Hall–Kier alpha value is -2.89. The van der Waals surface area contributed by atoms with Crippen molar-refractivity contribution in [1.82, 2.24) is 19.9 Å². The zero-order chi connectivity index (χ0) is 16.5. The van der Waals surface area contributed by atoms with Crippen molar-refractivity contribution in [3.63, 3.8) is 0 Å². The zero-order valence-corrected chi connectivity index (χ0v) is 13.5. The SMILES string of the molecule is Cn1nnc2cc(NC(=O)N3CCC(c4ccccc4)C3)ccc21. The highest BCUT2D eigenvalue weighted by molar-refractivity contribution is 5.92. The van der Waals surface area contributed by atoms with E-state index in [1.165, 1.54) is 5.56 Å². The number of anilines is 1. The molecule has 4 rings (SSSR count). The minimum Gasteiger partial charge on any atom is -0.324 e. The molecule has 0 aliphatic carbocycles. The lowest BCUT2D eigenvalue weighted by Crippen LogP contribution is -2.32. The third kappa shape index (κ3) is 2.71. The number of nitrogens with zero attached hydrogens (tertiary/aromatic N) is 4. The van der Waals surface area contributed by atoms with Crippen LogP contribution in [0.25, 0.3) is 11.0 Å². The van der Waals surface area contributed by atoms with Crippen molar-refractivity contribution < 1.29 is 4.79 Å². The normalized spacial score (nSPS) is 17.4. The van der Waals surface area contributed by atoms with Crippen molar-refractivity contribution in [3.05, 3.63) is 54.1 Å². The molecule has 0 radical (unpaired) electrons. The Bertz CT molecular complexity index is 874. The summed E-state index contributed by atoms with van der Waals surface area (Å²) in [5.74, 6) is 0.416. The molecule has 1 atom stereocenters. The molecule has 1 saturated heterocycles. The molecule has 122 valence electrons. The number of hydrogen-bond donors (Lipinski definition) is 1. The zero-order valence-electron chi connectivity index (χ0n) is 13.5. The van der Waals surface area contributed by atoms with Crippen LogP contribution in [0.3, 0.4) is 0 Å². The molecule has 1 N–H and O–H groups in total. The van der Waals surface area contributed by atoms with Crippen LogP contribution in [-0.4, -0.2) is 39.0 Å². The van der Waals surface area contributed by atoms with Gasteiger partial charge in [0.15, 0.2) is 0 Å². The molecule has 3 aromatic rings. The maximum atomic E-state index is 12.5. The van der Waals surface area contributed by atoms with Gasteiger partial charge in [0.2, 0.25) is 0 Å². The third-order valence-corrected chi connectivity index (χ3v) is 4.61. The molecule has 0 saturated carbocycles. The lowest BCUT2D eigenvalue weighted by molar-refractivity contribution is 0.222. The number of nitrogens with one attached hydrogen (secondary N) is 1. The average molecular weight is 321 g/mol. The van der Waals surface area contributed by atoms with Gasteiger partial charge in [-0.25, -0.2) is 9.48 Å². The highest BCUT2D eigenvalue weighted by Crippen LogP contribution is 2.27. The average Bonchev–Trinajstić information content (AvgIpc) is 3.23. The molecule has 1 unspecified atom stereocenters. The van der Waals surface area contributed by atoms with Gasteiger partial charge in [-0.1, -0.05) is 35.5 Å². The van der Waals surface area contributed by atoms with Crippen molar-refractivity contribution in [2.45, 2.75) is 12.3 Å². The molecule has 0 bridgehead atoms. The number of amides is 2. The minimum absolute atomic E-state index is 0.0586. The number of urea groups is 1. The minimum atomic E-state index is -0.0586. The van der Waals surface area contributed by atoms with Crippen LogP contribution in [0.15, 0.2) is 48.5 Å². The van der Waals surface area contributed by atoms with Crippen LogP contribution >= 0.6 is 0 Å². The molecule has 2 amide bonds. The molecule has 1 aliphatic heterocycles. The summed E-state index contributed by atoms with van der Waals surface area (Å²) in [5.41, 5.74) is 3.77. The second kappa shape index (κ2) is 5.96. The van der Waals surface area contributed by atoms with Gasteiger partial charge in [-0.05, 0) is 30.2 Å². The maximum absolute atomic E-state index is 12.5. The van der Waals surface area contributed by atoms with Gasteiger partial charge < -0.3 is 10.2 Å². The monoisotopic (exact) mass is 321 g/mol. The molecule has 1 fully saturated rings. The van der Waals surface area contributed by atoms with E-state index in [1.54, 1.807) is 4.68 Å². The molecule has 1 aliphatic rings. The van der Waals surface area contributed by atoms with Crippen molar-refractivity contribution >= 4 is 22.8 Å². The standard InChI is InChI=1S/C18H19N5O/c1-22-17-8-7-15(11-16(17)20-21-22)19-18(24)23-10-9-14(12-23)13-5-3-2-4-6-13/h2-8,11,14H,9-10,12H2,1H3,(H,19,24). The number of aromatic nitrogens is 3. The Labute approximate surface area is 140 Å². The number of carbonyl (C=O) groups excluding carboxylic acids is 1. The molecule has 0 spiro atoms. The van der Waals surface area contributed by atoms with E-state index in [0.29, 0.717) is 5.92 Å². The van der Waals surface area contributed by atoms with Crippen molar-refractivity contribution in [1.29, 1.82) is 0 Å². The van der Waals surface area contributed by atoms with Crippen LogP contribution in [-0.2, 0) is 7.05 Å². The Morgan fingerprint density at radius 3 is 2.88 bits per heavy atom. The highest BCUT2D eigenvalue weighted by Gasteiger charge is 2.27. The van der Waals surface area contributed by atoms with Crippen LogP contribution in [0.1, 0.15) is 17.9 Å². The molecule has 24 heavy (non-hydrogen) atoms. The lowest BCUT2D eigenvalue weighted by atomic mass is 9.99. The smallest absolute Gasteiger partial charge is 0.321 e. The van der Waals surface area contributed by atoms with Gasteiger partial charge in [0.1, 0.15) is 5.52 Å². The van der Waals surface area contributed by atoms with E-state index in [4.69, 9.17) is 0 Å². The number of benzene rings is 2. The second-order valence-electron chi connectivity index (χ2n) is 6.19. The van der Waals surface area contributed by atoms with Crippen molar-refractivity contribution in [2.75, 3.05) is 18.4 Å². The van der Waals surface area contributed by atoms with Gasteiger partial charge in [-0.2, -0.15) is 0 Å². The highest BCUT2D eigenvalue weighted by atomic mass is 16.2. The molecule has 6 heteroatoms. The fraction of sp³-hybridized carbons (Fsp3) is 0.278. The summed E-state index contributed by atoms with van der Waals surface area (Å²) in [6.45, 7) is 1.53. The number of aryl methyl sites for hydroxylation is 1. The topological polar surface area (TPSA) is 63.1 Å². The Balaban J connectivity index is 1.44. The van der Waals surface area contributed by atoms with E-state index < -0.39 is 0 Å². The Morgan fingerprint density at radius 2 is 2.04 bits per heavy atom. The predicted octanol–water partition coefficient (Wildman–Crippen LogP) is 2.99. The first-order valence-electron chi connectivity index (χ1n) is 8.11. The van der Waals surface area contributed by atoms with Crippen LogP contribution in [0, 0.1) is 0 Å². The van der Waals surface area contributed by atoms with Gasteiger partial charge in [0, 0.05) is 31.7 Å². The summed E-state index contributed by atoms with van der Waals surface area (Å²) in [6, 6.07) is 16.0. The molecular formula is C18H19N5O. The number of hydrogen-bond acceptors (Lipinski definition) is 3. The van der Waals surface area contributed by atoms with E-state index in [2.05, 4.69) is 27.8 Å². The first-order chi connectivity index (χ1) is 11.7. The van der Waals surface area contributed by atoms with Gasteiger partial charge in [-0.3, -0.25) is 0 Å². The first-order valence-corrected chi connectivity index (χ1v) is 8.11. The molecule has 2 aromatic carbocycles. The largest absolute Gasteiger partial charge is 0.324 e. The molecule has 6 nitrogen and oxygen atoms in total. The second-order valence-corrected chi connectivity index (χ2v) is 6.19. The van der Waals surface area contributed by atoms with Crippen molar-refractivity contribution in [3.8, 4) is 0 Å². The summed E-state index contributed by atoms with van der Waals surface area (Å²) >= 11 is 0. The quantitative estimate of drug-likeness (QED) is 0.789. The van der Waals surface area contributed by atoms with Crippen LogP contribution in [0.5, 0.6) is 0 Å². The number of rotatable bonds is 2. The van der Waals surface area contributed by atoms with E-state index in [-0.39, 0.29) is 6.03 Å². The lowest BCUT2D eigenvalue weighted by Gasteiger charge is -2.17. The fourth-order valence-corrected chi connectivity index (χ4v) is 3.26. The van der Waals surface area contributed by atoms with E-state index in [9.17, 15) is 4.79 Å². The fourth-order valence-electron chi connectivity index (χ4n) is 3.26. The summed E-state index contributed by atoms with van der Waals surface area (Å²) in [6.07, 6.45) is 1.00. The van der Waals surface area contributed by atoms with Gasteiger partial charge in [-0.15, -0.1) is 5.10 Å². The number of likely N-dealkylation sites (tertiary alicyclic amines) is 1.